The van der Waals surface area contributed by atoms with Gasteiger partial charge in [-0.15, -0.1) is 0 Å². The van der Waals surface area contributed by atoms with Gasteiger partial charge in [-0.1, -0.05) is 66.6 Å². The molecule has 0 saturated heterocycles. The van der Waals surface area contributed by atoms with Crippen molar-refractivity contribution < 1.29 is 22.7 Å². The second kappa shape index (κ2) is 13.7. The standard InChI is InChI=1S/C30H36ClN3O5S/c1-6-27(30(36)32-21(2)3)33(19-23-10-8-7-9-11-23)29(35)20-34(24-14-17-28(39-5)26(31)18-24)40(37,38)25-15-12-22(4)13-16-25/h7-18,21,27H,6,19-20H2,1-5H3,(H,32,36)/t27-/m1/s1. The number of rotatable bonds is 12. The largest absolute Gasteiger partial charge is 0.495 e. The van der Waals surface area contributed by atoms with Crippen molar-refractivity contribution in [1.29, 1.82) is 0 Å². The normalized spacial score (nSPS) is 12.1. The molecule has 0 aliphatic rings. The van der Waals surface area contributed by atoms with Crippen LogP contribution in [0, 0.1) is 6.92 Å². The molecule has 0 aromatic heterocycles. The zero-order valence-electron chi connectivity index (χ0n) is 23.4. The van der Waals surface area contributed by atoms with Gasteiger partial charge >= 0.3 is 0 Å². The van der Waals surface area contributed by atoms with Gasteiger partial charge in [0.2, 0.25) is 11.8 Å². The van der Waals surface area contributed by atoms with Gasteiger partial charge in [0.25, 0.3) is 10.0 Å². The molecule has 10 heteroatoms. The topological polar surface area (TPSA) is 96.0 Å². The molecule has 0 fully saturated rings. The van der Waals surface area contributed by atoms with Crippen molar-refractivity contribution in [1.82, 2.24) is 10.2 Å². The van der Waals surface area contributed by atoms with Crippen LogP contribution in [0.2, 0.25) is 5.02 Å². The highest BCUT2D eigenvalue weighted by Crippen LogP contribution is 2.32. The first-order chi connectivity index (χ1) is 19.0. The second-order valence-corrected chi connectivity index (χ2v) is 12.0. The number of methoxy groups -OCH3 is 1. The number of carbonyl (C=O) groups excluding carboxylic acids is 2. The van der Waals surface area contributed by atoms with Crippen LogP contribution in [0.4, 0.5) is 5.69 Å². The summed E-state index contributed by atoms with van der Waals surface area (Å²) in [7, 11) is -2.74. The molecule has 2 amide bonds. The van der Waals surface area contributed by atoms with Crippen LogP contribution in [-0.2, 0) is 26.2 Å². The number of halogens is 1. The van der Waals surface area contributed by atoms with Crippen LogP contribution in [0.5, 0.6) is 5.75 Å². The number of sulfonamides is 1. The van der Waals surface area contributed by atoms with Crippen LogP contribution in [-0.4, -0.2) is 50.9 Å². The Morgan fingerprint density at radius 1 is 1.00 bits per heavy atom. The summed E-state index contributed by atoms with van der Waals surface area (Å²) in [6.45, 7) is 6.95. The summed E-state index contributed by atoms with van der Waals surface area (Å²) in [4.78, 5) is 28.7. The van der Waals surface area contributed by atoms with E-state index >= 15 is 0 Å². The number of hydrogen-bond acceptors (Lipinski definition) is 5. The zero-order chi connectivity index (χ0) is 29.4. The Kier molecular flexibility index (Phi) is 10.6. The summed E-state index contributed by atoms with van der Waals surface area (Å²) >= 11 is 6.37. The van der Waals surface area contributed by atoms with Gasteiger partial charge in [-0.25, -0.2) is 8.42 Å². The van der Waals surface area contributed by atoms with Gasteiger partial charge in [-0.3, -0.25) is 13.9 Å². The average molecular weight is 586 g/mol. The summed E-state index contributed by atoms with van der Waals surface area (Å²) in [6.07, 6.45) is 0.343. The third kappa shape index (κ3) is 7.55. The number of hydrogen-bond donors (Lipinski definition) is 1. The van der Waals surface area contributed by atoms with Crippen LogP contribution in [0.15, 0.2) is 77.7 Å². The molecular formula is C30H36ClN3O5S. The van der Waals surface area contributed by atoms with E-state index in [4.69, 9.17) is 16.3 Å². The first-order valence-electron chi connectivity index (χ1n) is 13.0. The molecule has 3 aromatic rings. The predicted octanol–water partition coefficient (Wildman–Crippen LogP) is 5.18. The van der Waals surface area contributed by atoms with Gasteiger partial charge in [0, 0.05) is 12.6 Å². The molecule has 0 heterocycles. The van der Waals surface area contributed by atoms with Crippen LogP contribution in [0.25, 0.3) is 0 Å². The number of aryl methyl sites for hydroxylation is 1. The Hall–Kier alpha value is -3.56. The first-order valence-corrected chi connectivity index (χ1v) is 14.9. The van der Waals surface area contributed by atoms with Crippen molar-refractivity contribution in [3.05, 3.63) is 88.9 Å². The SMILES string of the molecule is CC[C@H](C(=O)NC(C)C)N(Cc1ccccc1)C(=O)CN(c1ccc(OC)c(Cl)c1)S(=O)(=O)c1ccc(C)cc1. The molecule has 8 nitrogen and oxygen atoms in total. The van der Waals surface area contributed by atoms with E-state index in [9.17, 15) is 18.0 Å². The minimum absolute atomic E-state index is 0.0250. The number of nitrogens with zero attached hydrogens (tertiary/aromatic N) is 2. The number of carbonyl (C=O) groups is 2. The van der Waals surface area contributed by atoms with Crippen LogP contribution >= 0.6 is 11.6 Å². The Bertz CT molecular complexity index is 1410. The van der Waals surface area contributed by atoms with E-state index in [0.29, 0.717) is 12.2 Å². The highest BCUT2D eigenvalue weighted by molar-refractivity contribution is 7.92. The quantitative estimate of drug-likeness (QED) is 0.316. The van der Waals surface area contributed by atoms with Crippen molar-refractivity contribution in [2.45, 2.75) is 57.6 Å². The third-order valence-electron chi connectivity index (χ3n) is 6.32. The van der Waals surface area contributed by atoms with Crippen molar-refractivity contribution in [3.8, 4) is 5.75 Å². The van der Waals surface area contributed by atoms with Crippen molar-refractivity contribution in [2.24, 2.45) is 0 Å². The molecule has 0 radical (unpaired) electrons. The van der Waals surface area contributed by atoms with Crippen LogP contribution in [0.3, 0.4) is 0 Å². The summed E-state index contributed by atoms with van der Waals surface area (Å²) in [6, 6.07) is 19.3. The lowest BCUT2D eigenvalue weighted by Crippen LogP contribution is -2.53. The summed E-state index contributed by atoms with van der Waals surface area (Å²) in [5.41, 5.74) is 1.90. The number of anilines is 1. The Morgan fingerprint density at radius 2 is 1.65 bits per heavy atom. The molecule has 1 atom stereocenters. The van der Waals surface area contributed by atoms with Gasteiger partial charge in [0.1, 0.15) is 18.3 Å². The highest BCUT2D eigenvalue weighted by atomic mass is 35.5. The fourth-order valence-electron chi connectivity index (χ4n) is 4.26. The van der Waals surface area contributed by atoms with Crippen molar-refractivity contribution in [3.63, 3.8) is 0 Å². The summed E-state index contributed by atoms with van der Waals surface area (Å²) < 4.78 is 34.2. The van der Waals surface area contributed by atoms with Gasteiger partial charge in [0.05, 0.1) is 22.7 Å². The first kappa shape index (κ1) is 31.0. The maximum absolute atomic E-state index is 14.0. The van der Waals surface area contributed by atoms with Gasteiger partial charge < -0.3 is 15.0 Å². The van der Waals surface area contributed by atoms with E-state index in [1.165, 1.54) is 36.3 Å². The third-order valence-corrected chi connectivity index (χ3v) is 8.41. The number of benzene rings is 3. The number of amides is 2. The lowest BCUT2D eigenvalue weighted by atomic mass is 10.1. The fraction of sp³-hybridized carbons (Fsp3) is 0.333. The van der Waals surface area contributed by atoms with E-state index in [1.807, 2.05) is 58.0 Å². The highest BCUT2D eigenvalue weighted by Gasteiger charge is 2.34. The van der Waals surface area contributed by atoms with E-state index < -0.39 is 28.5 Å². The molecule has 1 N–H and O–H groups in total. The van der Waals surface area contributed by atoms with Crippen molar-refractivity contribution in [2.75, 3.05) is 18.0 Å². The molecule has 214 valence electrons. The molecule has 40 heavy (non-hydrogen) atoms. The fourth-order valence-corrected chi connectivity index (χ4v) is 5.91. The molecule has 0 saturated carbocycles. The van der Waals surface area contributed by atoms with Crippen LogP contribution in [0.1, 0.15) is 38.3 Å². The number of nitrogens with one attached hydrogen (secondary N) is 1. The Morgan fingerprint density at radius 3 is 2.20 bits per heavy atom. The number of ether oxygens (including phenoxy) is 1. The minimum Gasteiger partial charge on any atom is -0.495 e. The Labute approximate surface area is 241 Å². The van der Waals surface area contributed by atoms with Gasteiger partial charge in [0.15, 0.2) is 0 Å². The lowest BCUT2D eigenvalue weighted by molar-refractivity contribution is -0.140. The van der Waals surface area contributed by atoms with E-state index in [2.05, 4.69) is 5.32 Å². The molecular weight excluding hydrogens is 550 g/mol. The van der Waals surface area contributed by atoms with Gasteiger partial charge in [-0.2, -0.15) is 0 Å². The van der Waals surface area contributed by atoms with E-state index in [1.54, 1.807) is 18.2 Å². The summed E-state index contributed by atoms with van der Waals surface area (Å²) in [5, 5.41) is 3.08. The molecule has 0 spiro atoms. The molecule has 0 bridgehead atoms. The maximum Gasteiger partial charge on any atom is 0.264 e. The van der Waals surface area contributed by atoms with E-state index in [-0.39, 0.29) is 34.1 Å². The van der Waals surface area contributed by atoms with Crippen molar-refractivity contribution >= 4 is 39.1 Å². The molecule has 0 aliphatic carbocycles. The van der Waals surface area contributed by atoms with E-state index in [0.717, 1.165) is 15.4 Å². The monoisotopic (exact) mass is 585 g/mol. The Balaban J connectivity index is 2.09. The van der Waals surface area contributed by atoms with Gasteiger partial charge in [-0.05, 0) is 63.1 Å². The molecule has 0 aliphatic heterocycles. The summed E-state index contributed by atoms with van der Waals surface area (Å²) in [5.74, 6) is -0.467. The second-order valence-electron chi connectivity index (χ2n) is 9.74. The molecule has 3 rings (SSSR count). The predicted molar refractivity (Wildman–Crippen MR) is 158 cm³/mol. The smallest absolute Gasteiger partial charge is 0.264 e. The minimum atomic E-state index is -4.19. The maximum atomic E-state index is 14.0. The molecule has 0 unspecified atom stereocenters. The lowest BCUT2D eigenvalue weighted by Gasteiger charge is -2.33. The zero-order valence-corrected chi connectivity index (χ0v) is 25.0. The van der Waals surface area contributed by atoms with Crippen LogP contribution < -0.4 is 14.4 Å². The average Bonchev–Trinajstić information content (AvgIpc) is 2.91. The molecule has 3 aromatic carbocycles.